The molecule has 0 N–H and O–H groups in total. The summed E-state index contributed by atoms with van der Waals surface area (Å²) in [5.41, 5.74) is 1.98. The number of thioether (sulfide) groups is 1. The molecule has 1 aliphatic rings. The monoisotopic (exact) mass is 282 g/mol. The van der Waals surface area contributed by atoms with Crippen LogP contribution in [0.3, 0.4) is 0 Å². The molecule has 0 aliphatic carbocycles. The lowest BCUT2D eigenvalue weighted by molar-refractivity contribution is 0.560. The second-order valence-corrected chi connectivity index (χ2v) is 7.80. The smallest absolute Gasteiger partial charge is 0.169 e. The van der Waals surface area contributed by atoms with Crippen molar-refractivity contribution in [3.8, 4) is 0 Å². The van der Waals surface area contributed by atoms with Crippen molar-refractivity contribution in [3.63, 3.8) is 0 Å². The van der Waals surface area contributed by atoms with Crippen molar-refractivity contribution < 1.29 is 8.42 Å². The highest BCUT2D eigenvalue weighted by Gasteiger charge is 2.29. The number of benzene rings is 1. The molecule has 3 rings (SSSR count). The molecule has 2 aromatic rings. The van der Waals surface area contributed by atoms with E-state index in [0.29, 0.717) is 0 Å². The summed E-state index contributed by atoms with van der Waals surface area (Å²) >= 11 is 1.64. The minimum atomic E-state index is -2.95. The highest BCUT2D eigenvalue weighted by atomic mass is 32.2. The van der Waals surface area contributed by atoms with Gasteiger partial charge in [-0.2, -0.15) is 0 Å². The number of hydrogen-bond acceptors (Lipinski definition) is 4. The molecule has 0 spiro atoms. The Morgan fingerprint density at radius 1 is 1.44 bits per heavy atom. The lowest BCUT2D eigenvalue weighted by atomic mass is 10.3. The average Bonchev–Trinajstić information content (AvgIpc) is 2.89. The standard InChI is InChI=1S/C12H14N2O2S2/c1-2-18(15,16)8-9-7-17-12-13-10-5-3-4-6-11(10)14(9)12/h3-6,9H,2,7-8H2,1H3. The molecule has 0 bridgehead atoms. The zero-order chi connectivity index (χ0) is 12.8. The molecule has 6 heteroatoms. The molecule has 1 atom stereocenters. The molecule has 1 aromatic carbocycles. The molecule has 96 valence electrons. The molecule has 4 nitrogen and oxygen atoms in total. The van der Waals surface area contributed by atoms with Crippen LogP contribution in [0.1, 0.15) is 13.0 Å². The fourth-order valence-corrected chi connectivity index (χ4v) is 4.65. The largest absolute Gasteiger partial charge is 0.314 e. The number of para-hydroxylation sites is 2. The molecule has 0 saturated carbocycles. The topological polar surface area (TPSA) is 52.0 Å². The number of hydrogen-bond donors (Lipinski definition) is 0. The Labute approximate surface area is 110 Å². The predicted octanol–water partition coefficient (Wildman–Crippen LogP) is 2.12. The molecular weight excluding hydrogens is 268 g/mol. The zero-order valence-electron chi connectivity index (χ0n) is 10.0. The molecule has 18 heavy (non-hydrogen) atoms. The molecule has 0 saturated heterocycles. The van der Waals surface area contributed by atoms with Gasteiger partial charge in [-0.15, -0.1) is 0 Å². The first-order valence-corrected chi connectivity index (χ1v) is 8.71. The second kappa shape index (κ2) is 4.28. The Morgan fingerprint density at radius 2 is 2.22 bits per heavy atom. The minimum absolute atomic E-state index is 0.0161. The first-order valence-electron chi connectivity index (χ1n) is 5.91. The van der Waals surface area contributed by atoms with Crippen LogP contribution in [0.2, 0.25) is 0 Å². The summed E-state index contributed by atoms with van der Waals surface area (Å²) in [6.07, 6.45) is 0. The number of imidazole rings is 1. The normalized spacial score (nSPS) is 19.3. The van der Waals surface area contributed by atoms with Crippen LogP contribution >= 0.6 is 11.8 Å². The Kier molecular flexibility index (Phi) is 2.86. The number of aromatic nitrogens is 2. The molecule has 2 heterocycles. The lowest BCUT2D eigenvalue weighted by Gasteiger charge is -2.12. The van der Waals surface area contributed by atoms with Crippen LogP contribution in [0.5, 0.6) is 0 Å². The third-order valence-corrected chi connectivity index (χ3v) is 6.09. The summed E-state index contributed by atoms with van der Waals surface area (Å²) < 4.78 is 25.6. The van der Waals surface area contributed by atoms with Crippen molar-refractivity contribution in [2.75, 3.05) is 17.3 Å². The van der Waals surface area contributed by atoms with Gasteiger partial charge < -0.3 is 4.57 Å². The molecule has 1 unspecified atom stereocenters. The van der Waals surface area contributed by atoms with Gasteiger partial charge in [-0.3, -0.25) is 0 Å². The Morgan fingerprint density at radius 3 is 3.00 bits per heavy atom. The van der Waals surface area contributed by atoms with Gasteiger partial charge in [0.25, 0.3) is 0 Å². The van der Waals surface area contributed by atoms with Crippen LogP contribution in [0.15, 0.2) is 29.4 Å². The Hall–Kier alpha value is -1.01. The maximum Gasteiger partial charge on any atom is 0.169 e. The first kappa shape index (κ1) is 12.0. The van der Waals surface area contributed by atoms with E-state index in [9.17, 15) is 8.42 Å². The molecule has 0 fully saturated rings. The summed E-state index contributed by atoms with van der Waals surface area (Å²) in [6, 6.07) is 7.90. The maximum absolute atomic E-state index is 11.8. The number of nitrogens with zero attached hydrogens (tertiary/aromatic N) is 2. The van der Waals surface area contributed by atoms with E-state index in [2.05, 4.69) is 9.55 Å². The van der Waals surface area contributed by atoms with Gasteiger partial charge in [0.05, 0.1) is 22.8 Å². The van der Waals surface area contributed by atoms with Gasteiger partial charge in [0.2, 0.25) is 0 Å². The molecular formula is C12H14N2O2S2. The van der Waals surface area contributed by atoms with Gasteiger partial charge in [-0.05, 0) is 12.1 Å². The van der Waals surface area contributed by atoms with Crippen LogP contribution in [0.4, 0.5) is 0 Å². The minimum Gasteiger partial charge on any atom is -0.314 e. The van der Waals surface area contributed by atoms with Gasteiger partial charge in [-0.1, -0.05) is 30.8 Å². The van der Waals surface area contributed by atoms with Crippen LogP contribution in [0, 0.1) is 0 Å². The van der Waals surface area contributed by atoms with Gasteiger partial charge >= 0.3 is 0 Å². The first-order chi connectivity index (χ1) is 8.61. The zero-order valence-corrected chi connectivity index (χ0v) is 11.7. The summed E-state index contributed by atoms with van der Waals surface area (Å²) in [6.45, 7) is 1.70. The highest BCUT2D eigenvalue weighted by Crippen LogP contribution is 2.37. The average molecular weight is 282 g/mol. The van der Waals surface area contributed by atoms with E-state index < -0.39 is 9.84 Å². The van der Waals surface area contributed by atoms with E-state index in [0.717, 1.165) is 21.9 Å². The van der Waals surface area contributed by atoms with Crippen LogP contribution in [0.25, 0.3) is 11.0 Å². The van der Waals surface area contributed by atoms with E-state index in [1.807, 2.05) is 24.3 Å². The highest BCUT2D eigenvalue weighted by molar-refractivity contribution is 7.99. The second-order valence-electron chi connectivity index (χ2n) is 4.42. The molecule has 0 amide bonds. The van der Waals surface area contributed by atoms with E-state index >= 15 is 0 Å². The van der Waals surface area contributed by atoms with Gasteiger partial charge in [0.1, 0.15) is 0 Å². The van der Waals surface area contributed by atoms with E-state index in [-0.39, 0.29) is 17.5 Å². The fourth-order valence-electron chi connectivity index (χ4n) is 2.26. The van der Waals surface area contributed by atoms with E-state index in [4.69, 9.17) is 0 Å². The van der Waals surface area contributed by atoms with E-state index in [1.165, 1.54) is 0 Å². The summed E-state index contributed by atoms with van der Waals surface area (Å²) in [4.78, 5) is 4.53. The summed E-state index contributed by atoms with van der Waals surface area (Å²) in [5, 5.41) is 0.938. The lowest BCUT2D eigenvalue weighted by Crippen LogP contribution is -2.20. The van der Waals surface area contributed by atoms with Crippen LogP contribution in [-0.2, 0) is 9.84 Å². The third-order valence-electron chi connectivity index (χ3n) is 3.22. The van der Waals surface area contributed by atoms with E-state index in [1.54, 1.807) is 18.7 Å². The van der Waals surface area contributed by atoms with Crippen LogP contribution in [-0.4, -0.2) is 35.2 Å². The summed E-state index contributed by atoms with van der Waals surface area (Å²) in [5.74, 6) is 1.21. The van der Waals surface area contributed by atoms with Crippen molar-refractivity contribution in [3.05, 3.63) is 24.3 Å². The van der Waals surface area contributed by atoms with Crippen molar-refractivity contribution in [1.29, 1.82) is 0 Å². The number of fused-ring (bicyclic) bond motifs is 3. The number of sulfone groups is 1. The number of rotatable bonds is 3. The maximum atomic E-state index is 11.8. The van der Waals surface area contributed by atoms with Crippen molar-refractivity contribution in [2.45, 2.75) is 18.1 Å². The molecule has 0 radical (unpaired) electrons. The quantitative estimate of drug-likeness (QED) is 0.865. The SMILES string of the molecule is CCS(=O)(=O)CC1CSc2nc3ccccc3n21. The van der Waals surface area contributed by atoms with Gasteiger partial charge in [0, 0.05) is 11.5 Å². The van der Waals surface area contributed by atoms with Gasteiger partial charge in [0.15, 0.2) is 15.0 Å². The van der Waals surface area contributed by atoms with Crippen molar-refractivity contribution in [1.82, 2.24) is 9.55 Å². The van der Waals surface area contributed by atoms with Crippen molar-refractivity contribution >= 4 is 32.6 Å². The third kappa shape index (κ3) is 1.93. The fraction of sp³-hybridized carbons (Fsp3) is 0.417. The molecule has 1 aliphatic heterocycles. The molecule has 1 aromatic heterocycles. The van der Waals surface area contributed by atoms with Crippen molar-refractivity contribution in [2.24, 2.45) is 0 Å². The van der Waals surface area contributed by atoms with Crippen LogP contribution < -0.4 is 0 Å². The Balaban J connectivity index is 2.05. The van der Waals surface area contributed by atoms with Gasteiger partial charge in [-0.25, -0.2) is 13.4 Å². The Bertz CT molecular complexity index is 691. The predicted molar refractivity (Wildman–Crippen MR) is 73.8 cm³/mol. The summed E-state index contributed by atoms with van der Waals surface area (Å²) in [7, 11) is -2.95.